The Hall–Kier alpha value is -2.49. The molecule has 3 rings (SSSR count). The van der Waals surface area contributed by atoms with Gasteiger partial charge in [0.05, 0.1) is 9.26 Å². The SMILES string of the molecule is C[C@@H](N)c1ccc(C(=O)Nc2ccnc3c2I=CN3)cc1N=[N+]=[N-]. The van der Waals surface area contributed by atoms with Gasteiger partial charge in [-0.3, -0.25) is 4.79 Å². The summed E-state index contributed by atoms with van der Waals surface area (Å²) in [7, 11) is 0. The number of hydrogen-bond acceptors (Lipinski definition) is 5. The van der Waals surface area contributed by atoms with Gasteiger partial charge in [0.2, 0.25) is 0 Å². The quantitative estimate of drug-likeness (QED) is 0.293. The third-order valence-electron chi connectivity index (χ3n) is 3.43. The minimum Gasteiger partial charge on any atom is -0.341 e. The maximum absolute atomic E-state index is 12.5. The van der Waals surface area contributed by atoms with E-state index >= 15 is 0 Å². The fourth-order valence-electron chi connectivity index (χ4n) is 2.28. The molecule has 0 fully saturated rings. The summed E-state index contributed by atoms with van der Waals surface area (Å²) in [5.74, 6) is 0.521. The molecule has 4 N–H and O–H groups in total. The number of carbonyl (C=O) groups is 1. The van der Waals surface area contributed by atoms with Gasteiger partial charge in [0.1, 0.15) is 5.82 Å². The Morgan fingerprint density at radius 2 is 2.33 bits per heavy atom. The zero-order valence-corrected chi connectivity index (χ0v) is 14.9. The molecule has 24 heavy (non-hydrogen) atoms. The molecule has 1 aliphatic rings. The molecule has 1 amide bonds. The smallest absolute Gasteiger partial charge is 0.255 e. The standard InChI is InChI=1S/C15H14IN7O/c1-8(17)10-3-2-9(6-12(10)22-23-18)15(24)21-11-4-5-19-14-13(11)16-7-20-14/h2-8H,17H2,1H3,(H2,19,20,21,24)/t8-/m1/s1. The van der Waals surface area contributed by atoms with Crippen molar-refractivity contribution in [1.29, 1.82) is 0 Å². The fraction of sp³-hybridized carbons (Fsp3) is 0.133. The summed E-state index contributed by atoms with van der Waals surface area (Å²) in [4.78, 5) is 19.6. The van der Waals surface area contributed by atoms with Gasteiger partial charge in [-0.15, -0.1) is 0 Å². The number of aromatic nitrogens is 1. The number of amides is 1. The van der Waals surface area contributed by atoms with Crippen LogP contribution in [0.4, 0.5) is 17.2 Å². The van der Waals surface area contributed by atoms with Crippen LogP contribution in [0.5, 0.6) is 0 Å². The zero-order chi connectivity index (χ0) is 17.1. The molecule has 0 saturated heterocycles. The van der Waals surface area contributed by atoms with Crippen LogP contribution in [0, 0.1) is 3.57 Å². The average Bonchev–Trinajstić information content (AvgIpc) is 3.04. The summed E-state index contributed by atoms with van der Waals surface area (Å²) in [5.41, 5.74) is 16.8. The van der Waals surface area contributed by atoms with Crippen LogP contribution in [0.3, 0.4) is 0 Å². The monoisotopic (exact) mass is 435 g/mol. The number of nitrogens with one attached hydrogen (secondary N) is 2. The molecule has 122 valence electrons. The second kappa shape index (κ2) is 6.95. The Balaban J connectivity index is 1.91. The van der Waals surface area contributed by atoms with Gasteiger partial charge in [0.25, 0.3) is 5.91 Å². The number of azide groups is 1. The van der Waals surface area contributed by atoms with E-state index in [2.05, 4.69) is 25.6 Å². The van der Waals surface area contributed by atoms with Crippen molar-refractivity contribution in [3.05, 3.63) is 55.6 Å². The van der Waals surface area contributed by atoms with Gasteiger partial charge < -0.3 is 16.4 Å². The number of nitrogens with zero attached hydrogens (tertiary/aromatic N) is 4. The number of rotatable bonds is 4. The van der Waals surface area contributed by atoms with Crippen LogP contribution in [-0.2, 0) is 0 Å². The van der Waals surface area contributed by atoms with E-state index in [1.54, 1.807) is 37.4 Å². The van der Waals surface area contributed by atoms with Crippen molar-refractivity contribution in [2.24, 2.45) is 10.8 Å². The third kappa shape index (κ3) is 3.23. The maximum atomic E-state index is 12.5. The summed E-state index contributed by atoms with van der Waals surface area (Å²) >= 11 is -0.324. The zero-order valence-electron chi connectivity index (χ0n) is 12.7. The van der Waals surface area contributed by atoms with E-state index in [4.69, 9.17) is 11.3 Å². The van der Waals surface area contributed by atoms with Crippen LogP contribution in [-0.4, -0.2) is 15.0 Å². The number of carbonyl (C=O) groups excluding carboxylic acids is 1. The van der Waals surface area contributed by atoms with E-state index in [0.717, 1.165) is 15.1 Å². The molecular weight excluding hydrogens is 421 g/mol. The van der Waals surface area contributed by atoms with Crippen LogP contribution in [0.2, 0.25) is 0 Å². The van der Waals surface area contributed by atoms with Crippen molar-refractivity contribution in [3.63, 3.8) is 0 Å². The Kier molecular flexibility index (Phi) is 4.74. The molecule has 8 nitrogen and oxygen atoms in total. The lowest BCUT2D eigenvalue weighted by Gasteiger charge is -2.12. The highest BCUT2D eigenvalue weighted by Crippen LogP contribution is 2.32. The molecule has 1 aromatic carbocycles. The average molecular weight is 435 g/mol. The largest absolute Gasteiger partial charge is 0.341 e. The van der Waals surface area contributed by atoms with Gasteiger partial charge in [0, 0.05) is 32.5 Å². The lowest BCUT2D eigenvalue weighted by Crippen LogP contribution is -2.14. The maximum Gasteiger partial charge on any atom is 0.255 e. The highest BCUT2D eigenvalue weighted by atomic mass is 127. The van der Waals surface area contributed by atoms with Crippen LogP contribution < -0.4 is 16.4 Å². The van der Waals surface area contributed by atoms with Crippen LogP contribution in [0.1, 0.15) is 28.9 Å². The van der Waals surface area contributed by atoms with E-state index in [9.17, 15) is 4.79 Å². The highest BCUT2D eigenvalue weighted by molar-refractivity contribution is 14.2. The Morgan fingerprint density at radius 3 is 3.08 bits per heavy atom. The first-order valence-electron chi connectivity index (χ1n) is 7.06. The highest BCUT2D eigenvalue weighted by Gasteiger charge is 2.16. The molecule has 0 spiro atoms. The summed E-state index contributed by atoms with van der Waals surface area (Å²) in [6.45, 7) is 1.79. The van der Waals surface area contributed by atoms with Gasteiger partial charge in [0.15, 0.2) is 0 Å². The van der Waals surface area contributed by atoms with E-state index in [0.29, 0.717) is 16.8 Å². The predicted molar refractivity (Wildman–Crippen MR) is 102 cm³/mol. The fourth-order valence-corrected chi connectivity index (χ4v) is 4.29. The van der Waals surface area contributed by atoms with Crippen LogP contribution in [0.15, 0.2) is 35.6 Å². The van der Waals surface area contributed by atoms with E-state index < -0.39 is 0 Å². The van der Waals surface area contributed by atoms with Crippen molar-refractivity contribution in [2.45, 2.75) is 13.0 Å². The molecule has 0 unspecified atom stereocenters. The van der Waals surface area contributed by atoms with Crippen molar-refractivity contribution >= 4 is 48.0 Å². The van der Waals surface area contributed by atoms with Crippen molar-refractivity contribution in [3.8, 4) is 0 Å². The third-order valence-corrected chi connectivity index (χ3v) is 5.77. The number of fused-ring (bicyclic) bond motifs is 1. The summed E-state index contributed by atoms with van der Waals surface area (Å²) in [6.07, 6.45) is 1.65. The van der Waals surface area contributed by atoms with Gasteiger partial charge in [-0.2, -0.15) is 0 Å². The Labute approximate surface area is 147 Å². The second-order valence-electron chi connectivity index (χ2n) is 5.09. The number of nitrogens with two attached hydrogens (primary N) is 1. The first-order chi connectivity index (χ1) is 11.6. The van der Waals surface area contributed by atoms with Crippen molar-refractivity contribution in [1.82, 2.24) is 4.98 Å². The van der Waals surface area contributed by atoms with Gasteiger partial charge in [-0.1, -0.05) is 31.9 Å². The molecule has 2 heterocycles. The molecule has 0 radical (unpaired) electrons. The number of hydrogen-bond donors (Lipinski definition) is 3. The number of halogens is 1. The van der Waals surface area contributed by atoms with Crippen molar-refractivity contribution in [2.75, 3.05) is 10.6 Å². The number of benzene rings is 1. The molecule has 2 aromatic rings. The molecular formula is C15H14IN7O. The van der Waals surface area contributed by atoms with Crippen molar-refractivity contribution < 1.29 is 4.79 Å². The molecule has 9 heteroatoms. The minimum atomic E-state index is -0.324. The first-order valence-corrected chi connectivity index (χ1v) is 9.39. The van der Waals surface area contributed by atoms with E-state index in [-0.39, 0.29) is 32.7 Å². The molecule has 1 aliphatic heterocycles. The van der Waals surface area contributed by atoms with E-state index in [1.165, 1.54) is 0 Å². The number of anilines is 2. The lowest BCUT2D eigenvalue weighted by atomic mass is 10.0. The summed E-state index contributed by atoms with van der Waals surface area (Å²) < 4.78 is 3.04. The van der Waals surface area contributed by atoms with Crippen LogP contribution >= 0.6 is 20.7 Å². The molecule has 0 aliphatic carbocycles. The minimum absolute atomic E-state index is 0.273. The molecule has 1 aromatic heterocycles. The van der Waals surface area contributed by atoms with Gasteiger partial charge >= 0.3 is 0 Å². The predicted octanol–water partition coefficient (Wildman–Crippen LogP) is 3.62. The summed E-state index contributed by atoms with van der Waals surface area (Å²) in [5, 5.41) is 9.63. The normalized spacial score (nSPS) is 13.1. The lowest BCUT2D eigenvalue weighted by molar-refractivity contribution is 0.102. The Morgan fingerprint density at radius 1 is 1.50 bits per heavy atom. The molecule has 1 atom stereocenters. The van der Waals surface area contributed by atoms with Gasteiger partial charge in [-0.05, 0) is 36.2 Å². The summed E-state index contributed by atoms with van der Waals surface area (Å²) in [6, 6.07) is 6.42. The molecule has 0 bridgehead atoms. The Bertz CT molecular complexity index is 887. The van der Waals surface area contributed by atoms with Crippen LogP contribution in [0.25, 0.3) is 10.4 Å². The first kappa shape index (κ1) is 16.4. The number of pyridine rings is 1. The van der Waals surface area contributed by atoms with Gasteiger partial charge in [-0.25, -0.2) is 4.98 Å². The second-order valence-corrected chi connectivity index (χ2v) is 7.41. The molecule has 0 saturated carbocycles. The topological polar surface area (TPSA) is 129 Å². The van der Waals surface area contributed by atoms with E-state index in [1.807, 2.05) is 4.14 Å².